The lowest BCUT2D eigenvalue weighted by Gasteiger charge is -2.12. The third-order valence-electron chi connectivity index (χ3n) is 1.84. The Morgan fingerprint density at radius 3 is 2.40 bits per heavy atom. The van der Waals surface area contributed by atoms with Crippen molar-refractivity contribution >= 4 is 11.7 Å². The summed E-state index contributed by atoms with van der Waals surface area (Å²) in [5.41, 5.74) is -1.52. The predicted molar refractivity (Wildman–Crippen MR) is 48.0 cm³/mol. The number of alkyl halides is 3. The van der Waals surface area contributed by atoms with E-state index >= 15 is 0 Å². The fraction of sp³-hybridized carbons (Fsp3) is 0.222. The average Bonchev–Trinajstić information content (AvgIpc) is 2.15. The van der Waals surface area contributed by atoms with Crippen LogP contribution in [0.2, 0.25) is 0 Å². The number of hydrogen-bond donors (Lipinski definition) is 2. The molecule has 0 spiro atoms. The van der Waals surface area contributed by atoms with Gasteiger partial charge in [-0.25, -0.2) is 4.79 Å². The van der Waals surface area contributed by atoms with E-state index in [4.69, 9.17) is 5.11 Å². The Balaban J connectivity index is 3.32. The summed E-state index contributed by atoms with van der Waals surface area (Å²) in [5, 5.41) is 10.9. The molecule has 0 aliphatic heterocycles. The van der Waals surface area contributed by atoms with Gasteiger partial charge in [-0.3, -0.25) is 0 Å². The summed E-state index contributed by atoms with van der Waals surface area (Å²) in [5.74, 6) is -1.39. The SMILES string of the molecule is CNc1ccc(C(=O)O)cc1C(F)(F)F. The Hall–Kier alpha value is -1.72. The third kappa shape index (κ3) is 2.39. The molecule has 1 aromatic rings. The number of aromatic carboxylic acids is 1. The van der Waals surface area contributed by atoms with Crippen LogP contribution in [0, 0.1) is 0 Å². The van der Waals surface area contributed by atoms with Crippen LogP contribution in [0.4, 0.5) is 18.9 Å². The molecule has 3 nitrogen and oxygen atoms in total. The van der Waals surface area contributed by atoms with Gasteiger partial charge in [-0.1, -0.05) is 0 Å². The quantitative estimate of drug-likeness (QED) is 0.803. The van der Waals surface area contributed by atoms with Crippen molar-refractivity contribution in [3.63, 3.8) is 0 Å². The molecule has 0 radical (unpaired) electrons. The van der Waals surface area contributed by atoms with Crippen LogP contribution in [0.15, 0.2) is 18.2 Å². The number of carboxylic acids is 1. The van der Waals surface area contributed by atoms with Crippen LogP contribution in [0.25, 0.3) is 0 Å². The third-order valence-corrected chi connectivity index (χ3v) is 1.84. The van der Waals surface area contributed by atoms with E-state index in [9.17, 15) is 18.0 Å². The first kappa shape index (κ1) is 11.4. The topological polar surface area (TPSA) is 49.3 Å². The second-order valence-corrected chi connectivity index (χ2v) is 2.81. The van der Waals surface area contributed by atoms with Crippen molar-refractivity contribution in [2.45, 2.75) is 6.18 Å². The minimum atomic E-state index is -4.57. The van der Waals surface area contributed by atoms with Gasteiger partial charge in [0.2, 0.25) is 0 Å². The molecule has 6 heteroatoms. The molecule has 2 N–H and O–H groups in total. The number of carboxylic acid groups (broad SMARTS) is 1. The van der Waals surface area contributed by atoms with Gasteiger partial charge in [0.15, 0.2) is 0 Å². The zero-order chi connectivity index (χ0) is 11.6. The Kier molecular flexibility index (Phi) is 2.88. The first-order chi connectivity index (χ1) is 6.86. The van der Waals surface area contributed by atoms with E-state index in [0.29, 0.717) is 6.07 Å². The lowest BCUT2D eigenvalue weighted by atomic mass is 10.1. The van der Waals surface area contributed by atoms with E-state index in [1.807, 2.05) is 0 Å². The Bertz CT molecular complexity index is 387. The molecule has 0 fully saturated rings. The zero-order valence-corrected chi connectivity index (χ0v) is 7.72. The molecule has 0 heterocycles. The van der Waals surface area contributed by atoms with Crippen molar-refractivity contribution in [2.75, 3.05) is 12.4 Å². The van der Waals surface area contributed by atoms with Crippen LogP contribution >= 0.6 is 0 Å². The van der Waals surface area contributed by atoms with Crippen molar-refractivity contribution in [1.82, 2.24) is 0 Å². The normalized spacial score (nSPS) is 11.2. The Labute approximate surface area is 83.5 Å². The second-order valence-electron chi connectivity index (χ2n) is 2.81. The van der Waals surface area contributed by atoms with Crippen LogP contribution < -0.4 is 5.32 Å². The fourth-order valence-electron chi connectivity index (χ4n) is 1.13. The van der Waals surface area contributed by atoms with Crippen LogP contribution in [0.5, 0.6) is 0 Å². The molecule has 0 amide bonds. The number of benzene rings is 1. The molecule has 0 aromatic heterocycles. The standard InChI is InChI=1S/C9H8F3NO2/c1-13-7-3-2-5(8(14)15)4-6(7)9(10,11)12/h2-4,13H,1H3,(H,14,15). The summed E-state index contributed by atoms with van der Waals surface area (Å²) >= 11 is 0. The van der Waals surface area contributed by atoms with Gasteiger partial charge in [-0.15, -0.1) is 0 Å². The number of rotatable bonds is 2. The van der Waals surface area contributed by atoms with Crippen LogP contribution in [-0.2, 0) is 6.18 Å². The van der Waals surface area contributed by atoms with Gasteiger partial charge in [-0.05, 0) is 18.2 Å². The van der Waals surface area contributed by atoms with E-state index < -0.39 is 17.7 Å². The molecule has 0 atom stereocenters. The molecule has 82 valence electrons. The highest BCUT2D eigenvalue weighted by atomic mass is 19.4. The van der Waals surface area contributed by atoms with Gasteiger partial charge in [0.1, 0.15) is 0 Å². The summed E-state index contributed by atoms with van der Waals surface area (Å²) in [7, 11) is 1.34. The van der Waals surface area contributed by atoms with E-state index in [0.717, 1.165) is 12.1 Å². The number of hydrogen-bond acceptors (Lipinski definition) is 2. The highest BCUT2D eigenvalue weighted by Gasteiger charge is 2.34. The highest BCUT2D eigenvalue weighted by Crippen LogP contribution is 2.35. The number of anilines is 1. The lowest BCUT2D eigenvalue weighted by Crippen LogP contribution is -2.10. The van der Waals surface area contributed by atoms with Crippen molar-refractivity contribution in [3.8, 4) is 0 Å². The van der Waals surface area contributed by atoms with Crippen molar-refractivity contribution in [1.29, 1.82) is 0 Å². The summed E-state index contributed by atoms with van der Waals surface area (Å²) in [6.45, 7) is 0. The summed E-state index contributed by atoms with van der Waals surface area (Å²) in [4.78, 5) is 10.5. The Morgan fingerprint density at radius 1 is 1.40 bits per heavy atom. The molecule has 0 unspecified atom stereocenters. The molecule has 1 aromatic carbocycles. The van der Waals surface area contributed by atoms with Crippen molar-refractivity contribution in [2.24, 2.45) is 0 Å². The molecule has 0 bridgehead atoms. The monoisotopic (exact) mass is 219 g/mol. The molecule has 0 aliphatic rings. The highest BCUT2D eigenvalue weighted by molar-refractivity contribution is 5.88. The fourth-order valence-corrected chi connectivity index (χ4v) is 1.13. The number of nitrogens with one attached hydrogen (secondary N) is 1. The molecule has 0 aliphatic carbocycles. The minimum Gasteiger partial charge on any atom is -0.478 e. The van der Waals surface area contributed by atoms with Crippen LogP contribution in [0.3, 0.4) is 0 Å². The van der Waals surface area contributed by atoms with Gasteiger partial charge in [0.05, 0.1) is 11.1 Å². The maximum absolute atomic E-state index is 12.4. The zero-order valence-electron chi connectivity index (χ0n) is 7.72. The molecule has 15 heavy (non-hydrogen) atoms. The first-order valence-electron chi connectivity index (χ1n) is 3.98. The molecule has 0 saturated carbocycles. The lowest BCUT2D eigenvalue weighted by molar-refractivity contribution is -0.136. The van der Waals surface area contributed by atoms with E-state index in [1.165, 1.54) is 7.05 Å². The van der Waals surface area contributed by atoms with E-state index in [2.05, 4.69) is 5.32 Å². The maximum Gasteiger partial charge on any atom is 0.418 e. The molecular weight excluding hydrogens is 211 g/mol. The minimum absolute atomic E-state index is 0.146. The van der Waals surface area contributed by atoms with Gasteiger partial charge in [0, 0.05) is 12.7 Å². The smallest absolute Gasteiger partial charge is 0.418 e. The van der Waals surface area contributed by atoms with Gasteiger partial charge < -0.3 is 10.4 Å². The number of carbonyl (C=O) groups is 1. The van der Waals surface area contributed by atoms with E-state index in [-0.39, 0.29) is 11.3 Å². The number of halogens is 3. The molecule has 1 rings (SSSR count). The van der Waals surface area contributed by atoms with Gasteiger partial charge in [-0.2, -0.15) is 13.2 Å². The summed E-state index contributed by atoms with van der Waals surface area (Å²) in [6.07, 6.45) is -4.57. The second kappa shape index (κ2) is 3.80. The largest absolute Gasteiger partial charge is 0.478 e. The average molecular weight is 219 g/mol. The van der Waals surface area contributed by atoms with Crippen molar-refractivity contribution in [3.05, 3.63) is 29.3 Å². The van der Waals surface area contributed by atoms with E-state index in [1.54, 1.807) is 0 Å². The Morgan fingerprint density at radius 2 is 2.00 bits per heavy atom. The van der Waals surface area contributed by atoms with Crippen molar-refractivity contribution < 1.29 is 23.1 Å². The summed E-state index contributed by atoms with van der Waals surface area (Å²) < 4.78 is 37.3. The summed E-state index contributed by atoms with van der Waals surface area (Å²) in [6, 6.07) is 2.81. The first-order valence-corrected chi connectivity index (χ1v) is 3.98. The molecule has 0 saturated heterocycles. The van der Waals surface area contributed by atoms with Gasteiger partial charge in [0.25, 0.3) is 0 Å². The van der Waals surface area contributed by atoms with Gasteiger partial charge >= 0.3 is 12.1 Å². The maximum atomic E-state index is 12.4. The van der Waals surface area contributed by atoms with Crippen LogP contribution in [-0.4, -0.2) is 18.1 Å². The predicted octanol–water partition coefficient (Wildman–Crippen LogP) is 2.45. The molecular formula is C9H8F3NO2. The van der Waals surface area contributed by atoms with Crippen LogP contribution in [0.1, 0.15) is 15.9 Å².